The molecule has 24 heavy (non-hydrogen) atoms. The molecule has 0 heterocycles. The second kappa shape index (κ2) is 8.92. The van der Waals surface area contributed by atoms with Crippen LogP contribution in [0.25, 0.3) is 0 Å². The number of hydrogen-bond donors (Lipinski definition) is 1. The topological polar surface area (TPSA) is 20.2 Å². The molecule has 2 fully saturated rings. The lowest BCUT2D eigenvalue weighted by Crippen LogP contribution is -2.22. The Morgan fingerprint density at radius 1 is 0.917 bits per heavy atom. The smallest absolute Gasteiger partial charge is 0.115 e. The van der Waals surface area contributed by atoms with Crippen molar-refractivity contribution in [2.75, 3.05) is 0 Å². The molecule has 3 rings (SSSR count). The zero-order chi connectivity index (χ0) is 16.8. The molecule has 0 radical (unpaired) electrons. The zero-order valence-corrected chi connectivity index (χ0v) is 15.6. The van der Waals surface area contributed by atoms with Gasteiger partial charge in [-0.3, -0.25) is 0 Å². The monoisotopic (exact) mass is 328 g/mol. The Morgan fingerprint density at radius 2 is 1.58 bits per heavy atom. The van der Waals surface area contributed by atoms with Gasteiger partial charge in [0.2, 0.25) is 0 Å². The minimum atomic E-state index is 0.393. The summed E-state index contributed by atoms with van der Waals surface area (Å²) in [5.41, 5.74) is 1.42. The van der Waals surface area contributed by atoms with Crippen LogP contribution < -0.4 is 0 Å². The number of hydrogen-bond acceptors (Lipinski definition) is 1. The van der Waals surface area contributed by atoms with Gasteiger partial charge in [-0.2, -0.15) is 0 Å². The Balaban J connectivity index is 1.57. The summed E-state index contributed by atoms with van der Waals surface area (Å²) in [5, 5.41) is 9.53. The van der Waals surface area contributed by atoms with Crippen molar-refractivity contribution >= 4 is 0 Å². The first-order chi connectivity index (χ1) is 11.7. The molecular weight excluding hydrogens is 292 g/mol. The minimum Gasteiger partial charge on any atom is -0.508 e. The van der Waals surface area contributed by atoms with Crippen LogP contribution in [0.4, 0.5) is 0 Å². The molecule has 0 aliphatic heterocycles. The molecule has 0 aromatic heterocycles. The summed E-state index contributed by atoms with van der Waals surface area (Å²) >= 11 is 0. The lowest BCUT2D eigenvalue weighted by molar-refractivity contribution is 0.202. The summed E-state index contributed by atoms with van der Waals surface area (Å²) in [6.07, 6.45) is 17.2. The van der Waals surface area contributed by atoms with Crippen molar-refractivity contribution in [3.8, 4) is 5.75 Å². The molecule has 0 amide bonds. The molecule has 1 nitrogen and oxygen atoms in total. The van der Waals surface area contributed by atoms with E-state index in [4.69, 9.17) is 0 Å². The van der Waals surface area contributed by atoms with Crippen LogP contribution in [-0.2, 0) is 6.42 Å². The quantitative estimate of drug-likeness (QED) is 0.613. The maximum atomic E-state index is 9.53. The number of aromatic hydroxyl groups is 1. The van der Waals surface area contributed by atoms with E-state index in [0.717, 1.165) is 23.7 Å². The maximum absolute atomic E-state index is 9.53. The normalized spacial score (nSPS) is 27.0. The summed E-state index contributed by atoms with van der Waals surface area (Å²) in [5.74, 6) is 4.15. The van der Waals surface area contributed by atoms with Gasteiger partial charge in [0.25, 0.3) is 0 Å². The number of benzene rings is 1. The molecular formula is C23H36O. The molecule has 2 aliphatic carbocycles. The lowest BCUT2D eigenvalue weighted by Gasteiger charge is -2.33. The van der Waals surface area contributed by atoms with Gasteiger partial charge < -0.3 is 5.11 Å². The molecule has 1 aromatic carbocycles. The molecule has 0 spiro atoms. The second-order valence-electron chi connectivity index (χ2n) is 8.73. The Kier molecular flexibility index (Phi) is 6.63. The van der Waals surface area contributed by atoms with Crippen LogP contribution in [0.2, 0.25) is 0 Å². The third kappa shape index (κ3) is 5.26. The highest BCUT2D eigenvalue weighted by molar-refractivity contribution is 5.26. The van der Waals surface area contributed by atoms with Gasteiger partial charge in [-0.05, 0) is 54.2 Å². The highest BCUT2D eigenvalue weighted by Crippen LogP contribution is 2.38. The maximum Gasteiger partial charge on any atom is 0.115 e. The highest BCUT2D eigenvalue weighted by atomic mass is 16.3. The second-order valence-corrected chi connectivity index (χ2v) is 8.73. The Bertz CT molecular complexity index is 463. The Labute approximate surface area is 148 Å². The predicted octanol–water partition coefficient (Wildman–Crippen LogP) is 6.74. The van der Waals surface area contributed by atoms with E-state index in [2.05, 4.69) is 19.1 Å². The van der Waals surface area contributed by atoms with Crippen molar-refractivity contribution in [1.82, 2.24) is 0 Å². The van der Waals surface area contributed by atoms with Gasteiger partial charge in [0.15, 0.2) is 0 Å². The van der Waals surface area contributed by atoms with Crippen LogP contribution in [0, 0.1) is 23.7 Å². The average Bonchev–Trinajstić information content (AvgIpc) is 2.62. The average molecular weight is 329 g/mol. The zero-order valence-electron chi connectivity index (χ0n) is 15.6. The van der Waals surface area contributed by atoms with Gasteiger partial charge in [-0.1, -0.05) is 83.3 Å². The fraction of sp³-hybridized carbons (Fsp3) is 0.739. The summed E-state index contributed by atoms with van der Waals surface area (Å²) in [7, 11) is 0. The molecule has 1 N–H and O–H groups in total. The summed E-state index contributed by atoms with van der Waals surface area (Å²) in [6, 6.07) is 7.98. The van der Waals surface area contributed by atoms with E-state index in [-0.39, 0.29) is 0 Å². The molecule has 1 aromatic rings. The molecule has 1 atom stereocenters. The first-order valence-electron chi connectivity index (χ1n) is 10.5. The number of phenols is 1. The highest BCUT2D eigenvalue weighted by Gasteiger charge is 2.26. The van der Waals surface area contributed by atoms with Crippen LogP contribution in [-0.4, -0.2) is 5.11 Å². The predicted molar refractivity (Wildman–Crippen MR) is 102 cm³/mol. The van der Waals surface area contributed by atoms with Gasteiger partial charge in [-0.15, -0.1) is 0 Å². The summed E-state index contributed by atoms with van der Waals surface area (Å²) in [4.78, 5) is 0. The van der Waals surface area contributed by atoms with E-state index in [0.29, 0.717) is 5.75 Å². The molecule has 2 saturated carbocycles. The lowest BCUT2D eigenvalue weighted by atomic mass is 9.73. The largest absolute Gasteiger partial charge is 0.508 e. The molecule has 0 saturated heterocycles. The van der Waals surface area contributed by atoms with Gasteiger partial charge in [0.1, 0.15) is 5.75 Å². The van der Waals surface area contributed by atoms with Crippen molar-refractivity contribution in [2.45, 2.75) is 84.0 Å². The number of phenolic OH excluding ortho intramolecular Hbond substituents is 1. The van der Waals surface area contributed by atoms with Crippen LogP contribution >= 0.6 is 0 Å². The molecule has 0 bridgehead atoms. The SMILES string of the molecule is CC1CCC(CCC(Cc2ccc(O)cc2)C2CCCCC2)CC1. The van der Waals surface area contributed by atoms with E-state index in [1.165, 1.54) is 82.6 Å². The van der Waals surface area contributed by atoms with Gasteiger partial charge >= 0.3 is 0 Å². The fourth-order valence-corrected chi connectivity index (χ4v) is 5.11. The fourth-order valence-electron chi connectivity index (χ4n) is 5.11. The molecule has 2 aliphatic rings. The Morgan fingerprint density at radius 3 is 2.25 bits per heavy atom. The van der Waals surface area contributed by atoms with Gasteiger partial charge in [0, 0.05) is 0 Å². The van der Waals surface area contributed by atoms with Crippen molar-refractivity contribution in [2.24, 2.45) is 23.7 Å². The third-order valence-corrected chi connectivity index (χ3v) is 6.83. The van der Waals surface area contributed by atoms with Gasteiger partial charge in [0.05, 0.1) is 0 Å². The molecule has 134 valence electrons. The van der Waals surface area contributed by atoms with Crippen molar-refractivity contribution < 1.29 is 5.11 Å². The standard InChI is InChI=1S/C23H36O/c1-18-7-9-19(10-8-18)11-14-22(21-5-3-2-4-6-21)17-20-12-15-23(24)16-13-20/h12-13,15-16,18-19,21-22,24H,2-11,14,17H2,1H3. The van der Waals surface area contributed by atoms with Crippen LogP contribution in [0.5, 0.6) is 5.75 Å². The van der Waals surface area contributed by atoms with E-state index >= 15 is 0 Å². The van der Waals surface area contributed by atoms with Gasteiger partial charge in [-0.25, -0.2) is 0 Å². The van der Waals surface area contributed by atoms with Crippen molar-refractivity contribution in [3.05, 3.63) is 29.8 Å². The van der Waals surface area contributed by atoms with Crippen molar-refractivity contribution in [1.29, 1.82) is 0 Å². The first-order valence-corrected chi connectivity index (χ1v) is 10.5. The molecule has 1 heteroatoms. The van der Waals surface area contributed by atoms with E-state index in [1.807, 2.05) is 12.1 Å². The van der Waals surface area contributed by atoms with Crippen LogP contribution in [0.15, 0.2) is 24.3 Å². The number of rotatable bonds is 6. The summed E-state index contributed by atoms with van der Waals surface area (Å²) < 4.78 is 0. The van der Waals surface area contributed by atoms with E-state index in [9.17, 15) is 5.11 Å². The van der Waals surface area contributed by atoms with Crippen LogP contribution in [0.1, 0.15) is 83.1 Å². The van der Waals surface area contributed by atoms with E-state index in [1.54, 1.807) is 0 Å². The van der Waals surface area contributed by atoms with E-state index < -0.39 is 0 Å². The van der Waals surface area contributed by atoms with Crippen LogP contribution in [0.3, 0.4) is 0 Å². The third-order valence-electron chi connectivity index (χ3n) is 6.83. The van der Waals surface area contributed by atoms with Crippen molar-refractivity contribution in [3.63, 3.8) is 0 Å². The summed E-state index contributed by atoms with van der Waals surface area (Å²) in [6.45, 7) is 2.42. The first kappa shape index (κ1) is 17.8. The Hall–Kier alpha value is -0.980. The molecule has 1 unspecified atom stereocenters. The minimum absolute atomic E-state index is 0.393.